The van der Waals surface area contributed by atoms with E-state index in [1.165, 1.54) is 11.8 Å². The number of oxime groups is 1. The lowest BCUT2D eigenvalue weighted by Crippen LogP contribution is -2.60. The SMILES string of the molecule is O=C1/C(=C\c2ccccc2)SC23ON=C(c4c(Cl)cccc4Cl)N2CCCN13. The molecule has 0 N–H and O–H groups in total. The Kier molecular flexibility index (Phi) is 4.30. The van der Waals surface area contributed by atoms with Gasteiger partial charge < -0.3 is 4.84 Å². The van der Waals surface area contributed by atoms with Crippen molar-refractivity contribution in [3.63, 3.8) is 0 Å². The highest BCUT2D eigenvalue weighted by atomic mass is 35.5. The Morgan fingerprint density at radius 2 is 1.75 bits per heavy atom. The second kappa shape index (κ2) is 6.72. The van der Waals surface area contributed by atoms with Crippen molar-refractivity contribution in [2.45, 2.75) is 11.6 Å². The zero-order chi connectivity index (χ0) is 19.3. The van der Waals surface area contributed by atoms with Gasteiger partial charge in [-0.3, -0.25) is 14.6 Å². The number of thioether (sulfide) groups is 1. The molecule has 1 atom stereocenters. The summed E-state index contributed by atoms with van der Waals surface area (Å²) in [7, 11) is 0. The molecule has 2 fully saturated rings. The molecule has 28 heavy (non-hydrogen) atoms. The lowest BCUT2D eigenvalue weighted by atomic mass is 10.1. The fraction of sp³-hybridized carbons (Fsp3) is 0.200. The molecule has 2 aromatic carbocycles. The van der Waals surface area contributed by atoms with Crippen LogP contribution in [0.1, 0.15) is 17.5 Å². The third-order valence-electron chi connectivity index (χ3n) is 4.93. The maximum atomic E-state index is 13.1. The van der Waals surface area contributed by atoms with E-state index in [4.69, 9.17) is 28.0 Å². The summed E-state index contributed by atoms with van der Waals surface area (Å²) in [6.07, 6.45) is 2.69. The van der Waals surface area contributed by atoms with E-state index in [1.807, 2.05) is 41.3 Å². The van der Waals surface area contributed by atoms with Crippen molar-refractivity contribution in [1.82, 2.24) is 9.80 Å². The fourth-order valence-corrected chi connectivity index (χ4v) is 5.56. The first kappa shape index (κ1) is 17.9. The predicted octanol–water partition coefficient (Wildman–Crippen LogP) is 4.62. The molecule has 142 valence electrons. The van der Waals surface area contributed by atoms with Gasteiger partial charge in [-0.05, 0) is 42.0 Å². The molecule has 0 aromatic heterocycles. The maximum absolute atomic E-state index is 13.1. The second-order valence-corrected chi connectivity index (χ2v) is 8.62. The highest BCUT2D eigenvalue weighted by Gasteiger charge is 2.62. The molecule has 3 heterocycles. The smallest absolute Gasteiger partial charge is 0.332 e. The normalized spacial score (nSPS) is 24.9. The van der Waals surface area contributed by atoms with E-state index in [0.717, 1.165) is 12.0 Å². The molecule has 8 heteroatoms. The Labute approximate surface area is 176 Å². The van der Waals surface area contributed by atoms with E-state index in [-0.39, 0.29) is 5.91 Å². The van der Waals surface area contributed by atoms with Crippen LogP contribution >= 0.6 is 35.0 Å². The van der Waals surface area contributed by atoms with Gasteiger partial charge in [-0.1, -0.05) is 64.8 Å². The number of nitrogens with zero attached hydrogens (tertiary/aromatic N) is 3. The number of hydrogen-bond acceptors (Lipinski definition) is 5. The van der Waals surface area contributed by atoms with Gasteiger partial charge in [0.15, 0.2) is 5.84 Å². The number of amides is 1. The van der Waals surface area contributed by atoms with E-state index in [0.29, 0.717) is 39.4 Å². The van der Waals surface area contributed by atoms with Crippen molar-refractivity contribution in [3.8, 4) is 0 Å². The second-order valence-electron chi connectivity index (χ2n) is 6.63. The number of halogens is 2. The van der Waals surface area contributed by atoms with E-state index < -0.39 is 5.18 Å². The summed E-state index contributed by atoms with van der Waals surface area (Å²) < 4.78 is 0. The minimum absolute atomic E-state index is 0.0553. The van der Waals surface area contributed by atoms with Gasteiger partial charge in [0, 0.05) is 13.1 Å². The molecule has 1 spiro atoms. The van der Waals surface area contributed by atoms with Crippen molar-refractivity contribution < 1.29 is 9.63 Å². The van der Waals surface area contributed by atoms with Gasteiger partial charge in [-0.2, -0.15) is 0 Å². The van der Waals surface area contributed by atoms with E-state index in [1.54, 1.807) is 23.1 Å². The summed E-state index contributed by atoms with van der Waals surface area (Å²) in [6, 6.07) is 15.1. The molecule has 0 radical (unpaired) electrons. The summed E-state index contributed by atoms with van der Waals surface area (Å²) >= 11 is 14.2. The monoisotopic (exact) mass is 431 g/mol. The topological polar surface area (TPSA) is 45.1 Å². The molecular formula is C20H15Cl2N3O2S. The molecule has 5 rings (SSSR count). The fourth-order valence-electron chi connectivity index (χ4n) is 3.67. The van der Waals surface area contributed by atoms with Crippen molar-refractivity contribution in [1.29, 1.82) is 0 Å². The van der Waals surface area contributed by atoms with Crippen molar-refractivity contribution in [2.24, 2.45) is 5.16 Å². The van der Waals surface area contributed by atoms with Crippen LogP contribution < -0.4 is 0 Å². The van der Waals surface area contributed by atoms with Crippen LogP contribution in [-0.4, -0.2) is 39.8 Å². The molecule has 1 amide bonds. The Morgan fingerprint density at radius 3 is 2.50 bits per heavy atom. The van der Waals surface area contributed by atoms with Crippen LogP contribution in [0.5, 0.6) is 0 Å². The molecular weight excluding hydrogens is 417 g/mol. The predicted molar refractivity (Wildman–Crippen MR) is 112 cm³/mol. The summed E-state index contributed by atoms with van der Waals surface area (Å²) in [6.45, 7) is 1.29. The molecule has 3 aliphatic rings. The standard InChI is InChI=1S/C20H15Cl2N3O2S/c21-14-8-4-9-15(22)17(14)18-23-27-20-24(18)10-5-11-25(20)19(26)16(28-20)12-13-6-2-1-3-7-13/h1-4,6-9,12H,5,10-11H2/b16-12+. The van der Waals surface area contributed by atoms with Gasteiger partial charge in [0.25, 0.3) is 5.91 Å². The largest absolute Gasteiger partial charge is 0.348 e. The summed E-state index contributed by atoms with van der Waals surface area (Å²) in [5.41, 5.74) is 1.59. The molecule has 2 aromatic rings. The van der Waals surface area contributed by atoms with Gasteiger partial charge in [0.2, 0.25) is 0 Å². The zero-order valence-corrected chi connectivity index (χ0v) is 17.0. The Hall–Kier alpha value is -2.15. The molecule has 5 nitrogen and oxygen atoms in total. The highest BCUT2D eigenvalue weighted by molar-refractivity contribution is 8.05. The number of rotatable bonds is 2. The molecule has 0 aliphatic carbocycles. The minimum atomic E-state index is -1.02. The Balaban J connectivity index is 1.54. The van der Waals surface area contributed by atoms with Gasteiger partial charge in [0.05, 0.1) is 20.5 Å². The van der Waals surface area contributed by atoms with Gasteiger partial charge >= 0.3 is 5.18 Å². The highest BCUT2D eigenvalue weighted by Crippen LogP contribution is 2.52. The van der Waals surface area contributed by atoms with Gasteiger partial charge in [-0.15, -0.1) is 0 Å². The summed E-state index contributed by atoms with van der Waals surface area (Å²) in [5, 5.41) is 4.29. The first-order chi connectivity index (χ1) is 13.6. The number of carbonyl (C=O) groups excluding carboxylic acids is 1. The van der Waals surface area contributed by atoms with Crippen LogP contribution in [0.25, 0.3) is 6.08 Å². The van der Waals surface area contributed by atoms with Crippen molar-refractivity contribution in [3.05, 3.63) is 74.6 Å². The molecule has 1 unspecified atom stereocenters. The van der Waals surface area contributed by atoms with Gasteiger partial charge in [-0.25, -0.2) is 0 Å². The number of benzene rings is 2. The molecule has 2 saturated heterocycles. The Bertz CT molecular complexity index is 1010. The van der Waals surface area contributed by atoms with Crippen LogP contribution in [0.4, 0.5) is 0 Å². The average Bonchev–Trinajstić information content (AvgIpc) is 3.19. The van der Waals surface area contributed by atoms with Crippen molar-refractivity contribution >= 4 is 52.8 Å². The van der Waals surface area contributed by atoms with Crippen LogP contribution in [-0.2, 0) is 9.63 Å². The molecule has 0 bridgehead atoms. The number of amidine groups is 1. The first-order valence-electron chi connectivity index (χ1n) is 8.86. The van der Waals surface area contributed by atoms with Crippen LogP contribution in [0.2, 0.25) is 10.0 Å². The minimum Gasteiger partial charge on any atom is -0.332 e. The van der Waals surface area contributed by atoms with E-state index in [9.17, 15) is 4.79 Å². The third kappa shape index (κ3) is 2.63. The van der Waals surface area contributed by atoms with E-state index >= 15 is 0 Å². The maximum Gasteiger partial charge on any atom is 0.348 e. The van der Waals surface area contributed by atoms with Gasteiger partial charge in [0.1, 0.15) is 0 Å². The lowest BCUT2D eigenvalue weighted by molar-refractivity contribution is -0.167. The Morgan fingerprint density at radius 1 is 1.04 bits per heavy atom. The van der Waals surface area contributed by atoms with Crippen LogP contribution in [0, 0.1) is 0 Å². The number of hydrogen-bond donors (Lipinski definition) is 0. The average molecular weight is 432 g/mol. The third-order valence-corrected chi connectivity index (χ3v) is 6.86. The van der Waals surface area contributed by atoms with E-state index in [2.05, 4.69) is 5.16 Å². The number of carbonyl (C=O) groups is 1. The quantitative estimate of drug-likeness (QED) is 0.650. The van der Waals surface area contributed by atoms with Crippen LogP contribution in [0.15, 0.2) is 58.6 Å². The summed E-state index contributed by atoms with van der Waals surface area (Å²) in [5.74, 6) is 0.502. The molecule has 3 aliphatic heterocycles. The van der Waals surface area contributed by atoms with Crippen LogP contribution in [0.3, 0.4) is 0 Å². The molecule has 0 saturated carbocycles. The zero-order valence-electron chi connectivity index (χ0n) is 14.6. The van der Waals surface area contributed by atoms with Crippen molar-refractivity contribution in [2.75, 3.05) is 13.1 Å². The summed E-state index contributed by atoms with van der Waals surface area (Å²) in [4.78, 5) is 23.3. The first-order valence-corrected chi connectivity index (χ1v) is 10.4. The lowest BCUT2D eigenvalue weighted by Gasteiger charge is -2.42.